The minimum absolute atomic E-state index is 0.359. The summed E-state index contributed by atoms with van der Waals surface area (Å²) in [5.74, 6) is 0.974. The lowest BCUT2D eigenvalue weighted by molar-refractivity contribution is 0.115. The van der Waals surface area contributed by atoms with E-state index in [-0.39, 0.29) is 0 Å². The summed E-state index contributed by atoms with van der Waals surface area (Å²) in [6, 6.07) is 3.84. The van der Waals surface area contributed by atoms with E-state index < -0.39 is 0 Å². The lowest BCUT2D eigenvalue weighted by atomic mass is 10.2. The van der Waals surface area contributed by atoms with E-state index in [1.807, 2.05) is 12.1 Å². The average molecular weight is 241 g/mol. The minimum Gasteiger partial charge on any atom is -0.376 e. The van der Waals surface area contributed by atoms with Crippen molar-refractivity contribution in [2.45, 2.75) is 25.9 Å². The van der Waals surface area contributed by atoms with Crippen molar-refractivity contribution in [1.29, 1.82) is 0 Å². The Bertz CT molecular complexity index is 322. The number of anilines is 1. The van der Waals surface area contributed by atoms with Gasteiger partial charge in [-0.2, -0.15) is 0 Å². The van der Waals surface area contributed by atoms with Crippen LogP contribution in [-0.4, -0.2) is 30.8 Å². The van der Waals surface area contributed by atoms with E-state index in [9.17, 15) is 0 Å². The summed E-state index contributed by atoms with van der Waals surface area (Å²) >= 11 is 5.82. The van der Waals surface area contributed by atoms with Crippen molar-refractivity contribution >= 4 is 17.4 Å². The first-order valence-corrected chi connectivity index (χ1v) is 6.15. The number of hydrogen-bond acceptors (Lipinski definition) is 3. The summed E-state index contributed by atoms with van der Waals surface area (Å²) in [5.41, 5.74) is 0. The van der Waals surface area contributed by atoms with E-state index in [2.05, 4.69) is 16.8 Å². The molecule has 1 saturated heterocycles. The van der Waals surface area contributed by atoms with Crippen molar-refractivity contribution in [2.24, 2.45) is 0 Å². The molecule has 0 spiro atoms. The second-order valence-corrected chi connectivity index (χ2v) is 4.44. The standard InChI is InChI=1S/C12H17ClN2O/c1-2-15(9-11-4-3-7-16-11)12-6-5-10(13)8-14-12/h5-6,8,11H,2-4,7,9H2,1H3. The van der Waals surface area contributed by atoms with Gasteiger partial charge in [-0.3, -0.25) is 0 Å². The molecule has 1 aliphatic rings. The fraction of sp³-hybridized carbons (Fsp3) is 0.583. The molecule has 0 amide bonds. The molecule has 4 heteroatoms. The molecule has 0 N–H and O–H groups in total. The molecule has 0 bridgehead atoms. The molecule has 88 valence electrons. The largest absolute Gasteiger partial charge is 0.376 e. The number of aromatic nitrogens is 1. The van der Waals surface area contributed by atoms with Crippen LogP contribution in [0.15, 0.2) is 18.3 Å². The van der Waals surface area contributed by atoms with E-state index in [4.69, 9.17) is 16.3 Å². The molecule has 1 aromatic rings. The number of rotatable bonds is 4. The number of pyridine rings is 1. The molecule has 16 heavy (non-hydrogen) atoms. The van der Waals surface area contributed by atoms with Gasteiger partial charge in [0.05, 0.1) is 11.1 Å². The van der Waals surface area contributed by atoms with Crippen molar-refractivity contribution in [2.75, 3.05) is 24.6 Å². The van der Waals surface area contributed by atoms with E-state index in [1.54, 1.807) is 6.20 Å². The molecular weight excluding hydrogens is 224 g/mol. The molecule has 0 saturated carbocycles. The van der Waals surface area contributed by atoms with Gasteiger partial charge in [0.1, 0.15) is 5.82 Å². The third kappa shape index (κ3) is 2.86. The third-order valence-electron chi connectivity index (χ3n) is 2.87. The molecule has 1 fully saturated rings. The van der Waals surface area contributed by atoms with Gasteiger partial charge in [-0.25, -0.2) is 4.98 Å². The zero-order valence-corrected chi connectivity index (χ0v) is 10.3. The number of nitrogens with zero attached hydrogens (tertiary/aromatic N) is 2. The lowest BCUT2D eigenvalue weighted by Crippen LogP contribution is -2.32. The Morgan fingerprint density at radius 1 is 1.56 bits per heavy atom. The monoisotopic (exact) mass is 240 g/mol. The Morgan fingerprint density at radius 3 is 3.00 bits per heavy atom. The van der Waals surface area contributed by atoms with Crippen LogP contribution >= 0.6 is 11.6 Å². The van der Waals surface area contributed by atoms with E-state index in [0.29, 0.717) is 11.1 Å². The summed E-state index contributed by atoms with van der Waals surface area (Å²) in [5, 5.41) is 0.678. The molecule has 2 rings (SSSR count). The molecular formula is C12H17ClN2O. The van der Waals surface area contributed by atoms with Crippen LogP contribution in [0.4, 0.5) is 5.82 Å². The van der Waals surface area contributed by atoms with Crippen LogP contribution in [0.1, 0.15) is 19.8 Å². The first-order chi connectivity index (χ1) is 7.79. The summed E-state index contributed by atoms with van der Waals surface area (Å²) in [6.07, 6.45) is 4.38. The van der Waals surface area contributed by atoms with Gasteiger partial charge in [0.15, 0.2) is 0 Å². The van der Waals surface area contributed by atoms with E-state index in [0.717, 1.165) is 31.9 Å². The predicted octanol–water partition coefficient (Wildman–Crippen LogP) is 2.74. The van der Waals surface area contributed by atoms with Crippen molar-refractivity contribution in [3.8, 4) is 0 Å². The third-order valence-corrected chi connectivity index (χ3v) is 3.09. The van der Waals surface area contributed by atoms with Gasteiger partial charge < -0.3 is 9.64 Å². The Balaban J connectivity index is 2.00. The second kappa shape index (κ2) is 5.51. The van der Waals surface area contributed by atoms with Crippen molar-refractivity contribution in [1.82, 2.24) is 4.98 Å². The minimum atomic E-state index is 0.359. The Morgan fingerprint density at radius 2 is 2.44 bits per heavy atom. The van der Waals surface area contributed by atoms with Crippen LogP contribution in [0.5, 0.6) is 0 Å². The average Bonchev–Trinajstić information content (AvgIpc) is 2.80. The quantitative estimate of drug-likeness (QED) is 0.809. The van der Waals surface area contributed by atoms with E-state index in [1.165, 1.54) is 6.42 Å². The first-order valence-electron chi connectivity index (χ1n) is 5.77. The Hall–Kier alpha value is -0.800. The molecule has 2 heterocycles. The first kappa shape index (κ1) is 11.7. The smallest absolute Gasteiger partial charge is 0.128 e. The number of likely N-dealkylation sites (N-methyl/N-ethyl adjacent to an activating group) is 1. The Labute approximate surface area is 101 Å². The maximum atomic E-state index is 5.82. The normalized spacial score (nSPS) is 20.0. The van der Waals surface area contributed by atoms with Crippen LogP contribution in [-0.2, 0) is 4.74 Å². The van der Waals surface area contributed by atoms with Crippen molar-refractivity contribution < 1.29 is 4.74 Å². The van der Waals surface area contributed by atoms with Gasteiger partial charge >= 0.3 is 0 Å². The molecule has 1 aliphatic heterocycles. The highest BCUT2D eigenvalue weighted by molar-refractivity contribution is 6.30. The van der Waals surface area contributed by atoms with Gasteiger partial charge in [-0.1, -0.05) is 11.6 Å². The zero-order valence-electron chi connectivity index (χ0n) is 9.53. The van der Waals surface area contributed by atoms with Crippen LogP contribution in [0.25, 0.3) is 0 Å². The van der Waals surface area contributed by atoms with Crippen molar-refractivity contribution in [3.05, 3.63) is 23.4 Å². The van der Waals surface area contributed by atoms with Gasteiger partial charge in [0, 0.05) is 25.9 Å². The number of hydrogen-bond donors (Lipinski definition) is 0. The summed E-state index contributed by atoms with van der Waals surface area (Å²) < 4.78 is 5.63. The highest BCUT2D eigenvalue weighted by Crippen LogP contribution is 2.18. The number of ether oxygens (including phenoxy) is 1. The second-order valence-electron chi connectivity index (χ2n) is 4.01. The number of halogens is 1. The molecule has 1 atom stereocenters. The maximum Gasteiger partial charge on any atom is 0.128 e. The lowest BCUT2D eigenvalue weighted by Gasteiger charge is -2.24. The fourth-order valence-corrected chi connectivity index (χ4v) is 2.09. The van der Waals surface area contributed by atoms with Gasteiger partial charge in [0.2, 0.25) is 0 Å². The zero-order chi connectivity index (χ0) is 11.4. The van der Waals surface area contributed by atoms with Crippen LogP contribution in [0, 0.1) is 0 Å². The van der Waals surface area contributed by atoms with Crippen LogP contribution in [0.2, 0.25) is 5.02 Å². The molecule has 1 unspecified atom stereocenters. The van der Waals surface area contributed by atoms with Gasteiger partial charge in [0.25, 0.3) is 0 Å². The molecule has 0 radical (unpaired) electrons. The fourth-order valence-electron chi connectivity index (χ4n) is 1.97. The SMILES string of the molecule is CCN(CC1CCCO1)c1ccc(Cl)cn1. The van der Waals surface area contributed by atoms with Gasteiger partial charge in [-0.15, -0.1) is 0 Å². The topological polar surface area (TPSA) is 25.4 Å². The summed E-state index contributed by atoms with van der Waals surface area (Å²) in [6.45, 7) is 4.89. The van der Waals surface area contributed by atoms with E-state index >= 15 is 0 Å². The molecule has 0 aromatic carbocycles. The molecule has 0 aliphatic carbocycles. The van der Waals surface area contributed by atoms with Crippen molar-refractivity contribution in [3.63, 3.8) is 0 Å². The van der Waals surface area contributed by atoms with Crippen LogP contribution < -0.4 is 4.90 Å². The van der Waals surface area contributed by atoms with Crippen LogP contribution in [0.3, 0.4) is 0 Å². The molecule has 3 nitrogen and oxygen atoms in total. The predicted molar refractivity (Wildman–Crippen MR) is 66.1 cm³/mol. The Kier molecular flexibility index (Phi) is 4.02. The molecule has 1 aromatic heterocycles. The summed E-state index contributed by atoms with van der Waals surface area (Å²) in [7, 11) is 0. The van der Waals surface area contributed by atoms with Gasteiger partial charge in [-0.05, 0) is 31.9 Å². The maximum absolute atomic E-state index is 5.82. The highest BCUT2D eigenvalue weighted by atomic mass is 35.5. The highest BCUT2D eigenvalue weighted by Gasteiger charge is 2.19. The summed E-state index contributed by atoms with van der Waals surface area (Å²) in [4.78, 5) is 6.56.